The molecule has 2 nitrogen and oxygen atoms in total. The van der Waals surface area contributed by atoms with Crippen LogP contribution >= 0.6 is 0 Å². The zero-order valence-corrected chi connectivity index (χ0v) is 12.1. The van der Waals surface area contributed by atoms with Gasteiger partial charge in [-0.3, -0.25) is 0 Å². The highest BCUT2D eigenvalue weighted by Crippen LogP contribution is 2.21. The SMILES string of the molecule is CCNCc1cccc2c1ccn2Cc1cccc(F)c1. The van der Waals surface area contributed by atoms with Gasteiger partial charge in [0.15, 0.2) is 0 Å². The van der Waals surface area contributed by atoms with E-state index in [1.165, 1.54) is 22.5 Å². The number of hydrogen-bond acceptors (Lipinski definition) is 1. The minimum absolute atomic E-state index is 0.184. The Kier molecular flexibility index (Phi) is 4.02. The standard InChI is InChI=1S/C18H19FN2/c1-2-20-12-15-6-4-8-18-17(15)9-10-21(18)13-14-5-3-7-16(19)11-14/h3-11,20H,2,12-13H2,1H3. The summed E-state index contributed by atoms with van der Waals surface area (Å²) >= 11 is 0. The van der Waals surface area contributed by atoms with Crippen LogP contribution in [-0.4, -0.2) is 11.1 Å². The molecule has 0 saturated carbocycles. The summed E-state index contributed by atoms with van der Waals surface area (Å²) in [7, 11) is 0. The Balaban J connectivity index is 1.93. The van der Waals surface area contributed by atoms with Crippen molar-refractivity contribution in [2.24, 2.45) is 0 Å². The van der Waals surface area contributed by atoms with E-state index in [-0.39, 0.29) is 5.82 Å². The number of hydrogen-bond donors (Lipinski definition) is 1. The van der Waals surface area contributed by atoms with Gasteiger partial charge >= 0.3 is 0 Å². The van der Waals surface area contributed by atoms with E-state index in [0.717, 1.165) is 18.7 Å². The predicted octanol–water partition coefficient (Wildman–Crippen LogP) is 3.94. The molecular formula is C18H19FN2. The Labute approximate surface area is 124 Å². The van der Waals surface area contributed by atoms with Crippen molar-refractivity contribution in [2.75, 3.05) is 6.54 Å². The second kappa shape index (κ2) is 6.10. The Morgan fingerprint density at radius 2 is 1.95 bits per heavy atom. The number of nitrogens with one attached hydrogen (secondary N) is 1. The molecule has 3 rings (SSSR count). The highest BCUT2D eigenvalue weighted by atomic mass is 19.1. The molecule has 108 valence electrons. The van der Waals surface area contributed by atoms with Gasteiger partial charge in [-0.25, -0.2) is 4.39 Å². The maximum Gasteiger partial charge on any atom is 0.123 e. The van der Waals surface area contributed by atoms with Gasteiger partial charge in [0.25, 0.3) is 0 Å². The van der Waals surface area contributed by atoms with E-state index in [2.05, 4.69) is 47.3 Å². The van der Waals surface area contributed by atoms with Gasteiger partial charge in [-0.05, 0) is 41.9 Å². The first-order valence-electron chi connectivity index (χ1n) is 7.30. The quantitative estimate of drug-likeness (QED) is 0.750. The molecule has 2 aromatic carbocycles. The Morgan fingerprint density at radius 3 is 2.76 bits per heavy atom. The van der Waals surface area contributed by atoms with Gasteiger partial charge in [0.2, 0.25) is 0 Å². The molecule has 0 radical (unpaired) electrons. The first-order valence-corrected chi connectivity index (χ1v) is 7.30. The molecule has 0 atom stereocenters. The Bertz CT molecular complexity index is 746. The summed E-state index contributed by atoms with van der Waals surface area (Å²) in [6.07, 6.45) is 2.07. The van der Waals surface area contributed by atoms with E-state index < -0.39 is 0 Å². The fraction of sp³-hybridized carbons (Fsp3) is 0.222. The van der Waals surface area contributed by atoms with E-state index in [0.29, 0.717) is 6.54 Å². The Hall–Kier alpha value is -2.13. The lowest BCUT2D eigenvalue weighted by molar-refractivity contribution is 0.624. The largest absolute Gasteiger partial charge is 0.343 e. The average molecular weight is 282 g/mol. The molecule has 0 unspecified atom stereocenters. The zero-order chi connectivity index (χ0) is 14.7. The molecule has 0 saturated heterocycles. The number of halogens is 1. The van der Waals surface area contributed by atoms with Crippen LogP contribution in [-0.2, 0) is 13.1 Å². The monoisotopic (exact) mass is 282 g/mol. The van der Waals surface area contributed by atoms with Crippen molar-refractivity contribution in [2.45, 2.75) is 20.0 Å². The number of rotatable bonds is 5. The van der Waals surface area contributed by atoms with Crippen LogP contribution < -0.4 is 5.32 Å². The normalized spacial score (nSPS) is 11.1. The van der Waals surface area contributed by atoms with Gasteiger partial charge in [-0.1, -0.05) is 31.2 Å². The number of aromatic nitrogens is 1. The highest BCUT2D eigenvalue weighted by Gasteiger charge is 2.06. The van der Waals surface area contributed by atoms with Gasteiger partial charge < -0.3 is 9.88 Å². The van der Waals surface area contributed by atoms with Crippen LogP contribution in [0.5, 0.6) is 0 Å². The van der Waals surface area contributed by atoms with Crippen molar-refractivity contribution in [1.82, 2.24) is 9.88 Å². The van der Waals surface area contributed by atoms with Gasteiger partial charge in [0, 0.05) is 30.2 Å². The number of benzene rings is 2. The molecule has 0 bridgehead atoms. The molecule has 0 amide bonds. The van der Waals surface area contributed by atoms with Crippen molar-refractivity contribution in [3.8, 4) is 0 Å². The summed E-state index contributed by atoms with van der Waals surface area (Å²) in [5.74, 6) is -0.184. The van der Waals surface area contributed by atoms with Crippen LogP contribution in [0, 0.1) is 5.82 Å². The molecule has 0 spiro atoms. The van der Waals surface area contributed by atoms with E-state index in [1.54, 1.807) is 12.1 Å². The lowest BCUT2D eigenvalue weighted by atomic mass is 10.1. The molecule has 0 fully saturated rings. The first-order chi connectivity index (χ1) is 10.3. The molecule has 21 heavy (non-hydrogen) atoms. The van der Waals surface area contributed by atoms with E-state index >= 15 is 0 Å². The highest BCUT2D eigenvalue weighted by molar-refractivity contribution is 5.83. The summed E-state index contributed by atoms with van der Waals surface area (Å²) in [6, 6.07) is 15.3. The third-order valence-corrected chi connectivity index (χ3v) is 3.71. The number of nitrogens with zero attached hydrogens (tertiary/aromatic N) is 1. The van der Waals surface area contributed by atoms with E-state index in [1.807, 2.05) is 6.07 Å². The fourth-order valence-corrected chi connectivity index (χ4v) is 2.67. The topological polar surface area (TPSA) is 17.0 Å². The van der Waals surface area contributed by atoms with Gasteiger partial charge in [-0.2, -0.15) is 0 Å². The third kappa shape index (κ3) is 2.98. The molecule has 3 heteroatoms. The molecule has 0 aliphatic rings. The van der Waals surface area contributed by atoms with Crippen molar-refractivity contribution in [1.29, 1.82) is 0 Å². The van der Waals surface area contributed by atoms with Crippen LogP contribution in [0.25, 0.3) is 10.9 Å². The molecule has 0 aliphatic carbocycles. The minimum atomic E-state index is -0.184. The zero-order valence-electron chi connectivity index (χ0n) is 12.1. The minimum Gasteiger partial charge on any atom is -0.343 e. The van der Waals surface area contributed by atoms with E-state index in [9.17, 15) is 4.39 Å². The lowest BCUT2D eigenvalue weighted by Crippen LogP contribution is -2.11. The van der Waals surface area contributed by atoms with Crippen LogP contribution in [0.15, 0.2) is 54.7 Å². The number of fused-ring (bicyclic) bond motifs is 1. The van der Waals surface area contributed by atoms with Crippen LogP contribution in [0.2, 0.25) is 0 Å². The molecule has 1 N–H and O–H groups in total. The van der Waals surface area contributed by atoms with Gasteiger partial charge in [-0.15, -0.1) is 0 Å². The van der Waals surface area contributed by atoms with Crippen molar-refractivity contribution in [3.05, 3.63) is 71.7 Å². The van der Waals surface area contributed by atoms with Gasteiger partial charge in [0.05, 0.1) is 0 Å². The molecule has 1 heterocycles. The first kappa shape index (κ1) is 13.8. The smallest absolute Gasteiger partial charge is 0.123 e. The molecule has 0 aliphatic heterocycles. The van der Waals surface area contributed by atoms with Crippen LogP contribution in [0.1, 0.15) is 18.1 Å². The van der Waals surface area contributed by atoms with Gasteiger partial charge in [0.1, 0.15) is 5.82 Å². The second-order valence-corrected chi connectivity index (χ2v) is 5.20. The second-order valence-electron chi connectivity index (χ2n) is 5.20. The maximum absolute atomic E-state index is 13.3. The van der Waals surface area contributed by atoms with Crippen LogP contribution in [0.4, 0.5) is 4.39 Å². The molecular weight excluding hydrogens is 263 g/mol. The Morgan fingerprint density at radius 1 is 1.10 bits per heavy atom. The van der Waals surface area contributed by atoms with Crippen molar-refractivity contribution < 1.29 is 4.39 Å². The maximum atomic E-state index is 13.3. The van der Waals surface area contributed by atoms with Crippen LogP contribution in [0.3, 0.4) is 0 Å². The summed E-state index contributed by atoms with van der Waals surface area (Å²) in [5.41, 5.74) is 3.46. The van der Waals surface area contributed by atoms with Crippen molar-refractivity contribution >= 4 is 10.9 Å². The molecule has 1 aromatic heterocycles. The summed E-state index contributed by atoms with van der Waals surface area (Å²) in [6.45, 7) is 4.62. The predicted molar refractivity (Wildman–Crippen MR) is 84.8 cm³/mol. The third-order valence-electron chi connectivity index (χ3n) is 3.71. The summed E-state index contributed by atoms with van der Waals surface area (Å²) in [4.78, 5) is 0. The summed E-state index contributed by atoms with van der Waals surface area (Å²) in [5, 5.41) is 4.62. The molecule has 3 aromatic rings. The average Bonchev–Trinajstić information content (AvgIpc) is 2.89. The fourth-order valence-electron chi connectivity index (χ4n) is 2.67. The van der Waals surface area contributed by atoms with E-state index in [4.69, 9.17) is 0 Å². The summed E-state index contributed by atoms with van der Waals surface area (Å²) < 4.78 is 15.5. The lowest BCUT2D eigenvalue weighted by Gasteiger charge is -2.08. The van der Waals surface area contributed by atoms with Crippen molar-refractivity contribution in [3.63, 3.8) is 0 Å².